The lowest BCUT2D eigenvalue weighted by atomic mass is 10.3. The highest BCUT2D eigenvalue weighted by Crippen LogP contribution is 1.95. The molecule has 0 aliphatic carbocycles. The lowest BCUT2D eigenvalue weighted by Gasteiger charge is -2.02. The van der Waals surface area contributed by atoms with E-state index in [4.69, 9.17) is 0 Å². The molecule has 5 heteroatoms. The van der Waals surface area contributed by atoms with Crippen LogP contribution in [0.25, 0.3) is 0 Å². The molecule has 0 aliphatic rings. The number of rotatable bonds is 5. The Bertz CT molecular complexity index is 399. The van der Waals surface area contributed by atoms with Crippen LogP contribution in [0, 0.1) is 6.92 Å². The van der Waals surface area contributed by atoms with Crippen molar-refractivity contribution in [2.24, 2.45) is 0 Å². The minimum Gasteiger partial charge on any atom is -0.466 e. The van der Waals surface area contributed by atoms with Crippen LogP contribution in [0.2, 0.25) is 0 Å². The molecule has 5 nitrogen and oxygen atoms in total. The van der Waals surface area contributed by atoms with E-state index in [1.165, 1.54) is 7.11 Å². The van der Waals surface area contributed by atoms with Gasteiger partial charge in [0.05, 0.1) is 18.5 Å². The Hall–Kier alpha value is -1.75. The molecule has 0 aromatic carbocycles. The zero-order chi connectivity index (χ0) is 12.7. The largest absolute Gasteiger partial charge is 0.466 e. The number of nitrogens with zero attached hydrogens (tertiary/aromatic N) is 2. The van der Waals surface area contributed by atoms with E-state index in [0.29, 0.717) is 18.7 Å². The average molecular weight is 235 g/mol. The van der Waals surface area contributed by atoms with Gasteiger partial charge in [0.1, 0.15) is 0 Å². The van der Waals surface area contributed by atoms with Crippen LogP contribution in [0.1, 0.15) is 18.3 Å². The quantitative estimate of drug-likeness (QED) is 0.468. The van der Waals surface area contributed by atoms with E-state index >= 15 is 0 Å². The third kappa shape index (κ3) is 4.74. The molecule has 0 saturated carbocycles. The maximum absolute atomic E-state index is 11.1. The van der Waals surface area contributed by atoms with Gasteiger partial charge in [-0.05, 0) is 13.8 Å². The molecule has 0 spiro atoms. The highest BCUT2D eigenvalue weighted by atomic mass is 16.5. The first-order valence-electron chi connectivity index (χ1n) is 5.37. The maximum atomic E-state index is 11.1. The molecule has 0 amide bonds. The Labute approximate surface area is 101 Å². The van der Waals surface area contributed by atoms with Gasteiger partial charge in [-0.3, -0.25) is 9.97 Å². The van der Waals surface area contributed by atoms with E-state index in [1.54, 1.807) is 25.4 Å². The number of ether oxygens (including phenoxy) is 1. The van der Waals surface area contributed by atoms with Gasteiger partial charge in [-0.15, -0.1) is 0 Å². The number of carbonyl (C=O) groups excluding carboxylic acids is 1. The fourth-order valence-corrected chi connectivity index (χ4v) is 1.18. The summed E-state index contributed by atoms with van der Waals surface area (Å²) in [7, 11) is 1.37. The zero-order valence-electron chi connectivity index (χ0n) is 10.4. The molecule has 0 unspecified atom stereocenters. The van der Waals surface area contributed by atoms with E-state index < -0.39 is 0 Å². The number of nitrogens with one attached hydrogen (secondary N) is 1. The van der Waals surface area contributed by atoms with E-state index in [9.17, 15) is 4.79 Å². The molecule has 1 heterocycles. The van der Waals surface area contributed by atoms with Crippen molar-refractivity contribution in [2.45, 2.75) is 20.4 Å². The van der Waals surface area contributed by atoms with Gasteiger partial charge in [-0.25, -0.2) is 4.79 Å². The van der Waals surface area contributed by atoms with Crippen LogP contribution in [0.5, 0.6) is 0 Å². The first-order chi connectivity index (χ1) is 8.13. The molecule has 92 valence electrons. The number of aryl methyl sites for hydroxylation is 1. The standard InChI is InChI=1S/C12H17N3O2/c1-9(12(16)17-3)4-5-13-7-11-8-14-10(2)6-15-11/h4,6,8,13H,5,7H2,1-3H3. The molecule has 1 aromatic heterocycles. The fourth-order valence-electron chi connectivity index (χ4n) is 1.18. The van der Waals surface area contributed by atoms with Crippen LogP contribution in [-0.2, 0) is 16.1 Å². The van der Waals surface area contributed by atoms with Crippen molar-refractivity contribution in [3.05, 3.63) is 35.4 Å². The lowest BCUT2D eigenvalue weighted by molar-refractivity contribution is -0.136. The van der Waals surface area contributed by atoms with E-state index in [0.717, 1.165) is 11.4 Å². The van der Waals surface area contributed by atoms with Gasteiger partial charge in [0.15, 0.2) is 0 Å². The summed E-state index contributed by atoms with van der Waals surface area (Å²) >= 11 is 0. The van der Waals surface area contributed by atoms with Crippen molar-refractivity contribution < 1.29 is 9.53 Å². The molecule has 1 aromatic rings. The topological polar surface area (TPSA) is 64.1 Å². The number of hydrogen-bond acceptors (Lipinski definition) is 5. The summed E-state index contributed by atoms with van der Waals surface area (Å²) in [6, 6.07) is 0. The predicted molar refractivity (Wildman–Crippen MR) is 64.2 cm³/mol. The Kier molecular flexibility index (Phi) is 5.29. The zero-order valence-corrected chi connectivity index (χ0v) is 10.4. The molecular weight excluding hydrogens is 218 g/mol. The van der Waals surface area contributed by atoms with Gasteiger partial charge >= 0.3 is 5.97 Å². The Balaban J connectivity index is 2.33. The molecule has 0 aliphatic heterocycles. The van der Waals surface area contributed by atoms with Gasteiger partial charge in [0, 0.05) is 31.1 Å². The summed E-state index contributed by atoms with van der Waals surface area (Å²) in [5.41, 5.74) is 2.37. The third-order valence-electron chi connectivity index (χ3n) is 2.20. The van der Waals surface area contributed by atoms with E-state index in [1.807, 2.05) is 6.92 Å². The second-order valence-electron chi connectivity index (χ2n) is 3.66. The number of carbonyl (C=O) groups is 1. The maximum Gasteiger partial charge on any atom is 0.333 e. The summed E-state index contributed by atoms with van der Waals surface area (Å²) in [6.45, 7) is 4.83. The molecule has 1 rings (SSSR count). The van der Waals surface area contributed by atoms with Crippen LogP contribution in [0.3, 0.4) is 0 Å². The fraction of sp³-hybridized carbons (Fsp3) is 0.417. The number of methoxy groups -OCH3 is 1. The van der Waals surface area contributed by atoms with Crippen molar-refractivity contribution in [3.63, 3.8) is 0 Å². The Morgan fingerprint density at radius 1 is 1.47 bits per heavy atom. The van der Waals surface area contributed by atoms with Gasteiger partial charge in [0.2, 0.25) is 0 Å². The van der Waals surface area contributed by atoms with Gasteiger partial charge < -0.3 is 10.1 Å². The Morgan fingerprint density at radius 3 is 2.82 bits per heavy atom. The first-order valence-corrected chi connectivity index (χ1v) is 5.37. The highest BCUT2D eigenvalue weighted by Gasteiger charge is 2.01. The molecule has 0 saturated heterocycles. The van der Waals surface area contributed by atoms with Crippen molar-refractivity contribution in [2.75, 3.05) is 13.7 Å². The summed E-state index contributed by atoms with van der Waals surface area (Å²) in [4.78, 5) is 19.4. The van der Waals surface area contributed by atoms with Gasteiger partial charge in [-0.2, -0.15) is 0 Å². The van der Waals surface area contributed by atoms with Crippen molar-refractivity contribution in [1.29, 1.82) is 0 Å². The normalized spacial score (nSPS) is 11.4. The molecule has 17 heavy (non-hydrogen) atoms. The monoisotopic (exact) mass is 235 g/mol. The summed E-state index contributed by atoms with van der Waals surface area (Å²) in [5.74, 6) is -0.304. The van der Waals surface area contributed by atoms with Crippen molar-refractivity contribution >= 4 is 5.97 Å². The average Bonchev–Trinajstić information content (AvgIpc) is 2.35. The molecule has 0 bridgehead atoms. The smallest absolute Gasteiger partial charge is 0.333 e. The molecule has 0 atom stereocenters. The second-order valence-corrected chi connectivity index (χ2v) is 3.66. The van der Waals surface area contributed by atoms with Crippen molar-refractivity contribution in [1.82, 2.24) is 15.3 Å². The summed E-state index contributed by atoms with van der Waals surface area (Å²) < 4.78 is 4.58. The summed E-state index contributed by atoms with van der Waals surface area (Å²) in [6.07, 6.45) is 5.25. The van der Waals surface area contributed by atoms with E-state index in [-0.39, 0.29) is 5.97 Å². The van der Waals surface area contributed by atoms with Crippen LogP contribution in [0.15, 0.2) is 24.0 Å². The van der Waals surface area contributed by atoms with Crippen LogP contribution in [-0.4, -0.2) is 29.6 Å². The van der Waals surface area contributed by atoms with Crippen LogP contribution < -0.4 is 5.32 Å². The van der Waals surface area contributed by atoms with Crippen LogP contribution in [0.4, 0.5) is 0 Å². The van der Waals surface area contributed by atoms with E-state index in [2.05, 4.69) is 20.0 Å². The Morgan fingerprint density at radius 2 is 2.24 bits per heavy atom. The molecule has 1 N–H and O–H groups in total. The molecular formula is C12H17N3O2. The number of esters is 1. The predicted octanol–water partition coefficient (Wildman–Crippen LogP) is 0.994. The highest BCUT2D eigenvalue weighted by molar-refractivity contribution is 5.87. The second kappa shape index (κ2) is 6.75. The number of aromatic nitrogens is 2. The van der Waals surface area contributed by atoms with Crippen molar-refractivity contribution in [3.8, 4) is 0 Å². The van der Waals surface area contributed by atoms with Gasteiger partial charge in [0.25, 0.3) is 0 Å². The summed E-state index contributed by atoms with van der Waals surface area (Å²) in [5, 5.41) is 3.14. The molecule has 0 radical (unpaired) electrons. The minimum absolute atomic E-state index is 0.304. The third-order valence-corrected chi connectivity index (χ3v) is 2.20. The SMILES string of the molecule is COC(=O)C(C)=CCNCc1cnc(C)cn1. The minimum atomic E-state index is -0.304. The first kappa shape index (κ1) is 13.3. The lowest BCUT2D eigenvalue weighted by Crippen LogP contribution is -2.15. The molecule has 0 fully saturated rings. The number of hydrogen-bond donors (Lipinski definition) is 1. The van der Waals surface area contributed by atoms with Crippen LogP contribution >= 0.6 is 0 Å². The van der Waals surface area contributed by atoms with Gasteiger partial charge in [-0.1, -0.05) is 6.08 Å².